The Hall–Kier alpha value is -2.89. The molecule has 0 fully saturated rings. The van der Waals surface area contributed by atoms with E-state index in [1.165, 1.54) is 12.1 Å². The lowest BCUT2D eigenvalue weighted by atomic mass is 10.1. The van der Waals surface area contributed by atoms with Crippen LogP contribution in [0.15, 0.2) is 42.5 Å². The Bertz CT molecular complexity index is 791. The van der Waals surface area contributed by atoms with Crippen LogP contribution < -0.4 is 10.1 Å². The van der Waals surface area contributed by atoms with Gasteiger partial charge in [-0.3, -0.25) is 4.79 Å². The second-order valence-corrected chi connectivity index (χ2v) is 5.68. The Morgan fingerprint density at radius 1 is 1.15 bits per heavy atom. The van der Waals surface area contributed by atoms with Crippen LogP contribution in [0.1, 0.15) is 36.2 Å². The first kappa shape index (κ1) is 19.4. The largest absolute Gasteiger partial charge is 0.478 e. The Labute approximate surface area is 152 Å². The van der Waals surface area contributed by atoms with Crippen molar-refractivity contribution in [2.75, 3.05) is 11.9 Å². The van der Waals surface area contributed by atoms with E-state index in [2.05, 4.69) is 5.32 Å². The first-order chi connectivity index (χ1) is 12.5. The number of amides is 1. The van der Waals surface area contributed by atoms with E-state index >= 15 is 0 Å². The highest BCUT2D eigenvalue weighted by Crippen LogP contribution is 2.21. The molecule has 1 atom stereocenters. The highest BCUT2D eigenvalue weighted by atomic mass is 19.1. The fraction of sp³-hybridized carbons (Fsp3) is 0.300. The topological polar surface area (TPSA) is 64.6 Å². The van der Waals surface area contributed by atoms with Crippen molar-refractivity contribution in [3.05, 3.63) is 59.4 Å². The number of nitrogens with one attached hydrogen (secondary N) is 1. The van der Waals surface area contributed by atoms with Crippen molar-refractivity contribution in [1.82, 2.24) is 0 Å². The van der Waals surface area contributed by atoms with Gasteiger partial charge in [-0.1, -0.05) is 25.1 Å². The monoisotopic (exact) mass is 359 g/mol. The third kappa shape index (κ3) is 4.81. The Morgan fingerprint density at radius 2 is 1.88 bits per heavy atom. The fourth-order valence-electron chi connectivity index (χ4n) is 2.33. The number of carbonyl (C=O) groups excluding carboxylic acids is 2. The maximum Gasteiger partial charge on any atom is 0.338 e. The molecule has 0 aromatic heterocycles. The zero-order chi connectivity index (χ0) is 19.1. The minimum atomic E-state index is -0.863. The van der Waals surface area contributed by atoms with Gasteiger partial charge in [0, 0.05) is 5.69 Å². The fourth-order valence-corrected chi connectivity index (χ4v) is 2.33. The lowest BCUT2D eigenvalue weighted by Crippen LogP contribution is -2.33. The lowest BCUT2D eigenvalue weighted by molar-refractivity contribution is -0.122. The van der Waals surface area contributed by atoms with Crippen LogP contribution in [-0.2, 0) is 9.53 Å². The van der Waals surface area contributed by atoms with Crippen molar-refractivity contribution in [3.8, 4) is 5.75 Å². The Balaban J connectivity index is 2.15. The molecule has 0 radical (unpaired) electrons. The van der Waals surface area contributed by atoms with Gasteiger partial charge < -0.3 is 14.8 Å². The van der Waals surface area contributed by atoms with Crippen molar-refractivity contribution in [3.63, 3.8) is 0 Å². The van der Waals surface area contributed by atoms with E-state index < -0.39 is 23.8 Å². The number of carbonyl (C=O) groups is 2. The second kappa shape index (κ2) is 8.99. The molecular weight excluding hydrogens is 337 g/mol. The zero-order valence-corrected chi connectivity index (χ0v) is 15.0. The number of aryl methyl sites for hydroxylation is 1. The molecule has 0 heterocycles. The summed E-state index contributed by atoms with van der Waals surface area (Å²) in [4.78, 5) is 24.4. The number of rotatable bonds is 7. The number of para-hydroxylation sites is 1. The molecule has 2 aromatic carbocycles. The third-order valence-corrected chi connectivity index (χ3v) is 3.78. The quantitative estimate of drug-likeness (QED) is 0.756. The molecule has 5 nitrogen and oxygen atoms in total. The van der Waals surface area contributed by atoms with Crippen molar-refractivity contribution in [2.24, 2.45) is 0 Å². The third-order valence-electron chi connectivity index (χ3n) is 3.78. The van der Waals surface area contributed by atoms with Crippen LogP contribution in [-0.4, -0.2) is 24.6 Å². The van der Waals surface area contributed by atoms with Gasteiger partial charge in [-0.15, -0.1) is 0 Å². The number of esters is 1. The van der Waals surface area contributed by atoms with E-state index in [0.717, 1.165) is 5.56 Å². The molecule has 2 aromatic rings. The Kier molecular flexibility index (Phi) is 6.72. The predicted molar refractivity (Wildman–Crippen MR) is 96.9 cm³/mol. The first-order valence-electron chi connectivity index (χ1n) is 8.46. The summed E-state index contributed by atoms with van der Waals surface area (Å²) in [6.07, 6.45) is -0.505. The summed E-state index contributed by atoms with van der Waals surface area (Å²) < 4.78 is 24.2. The highest BCUT2D eigenvalue weighted by molar-refractivity contribution is 5.97. The van der Waals surface area contributed by atoms with Gasteiger partial charge in [-0.2, -0.15) is 0 Å². The molecule has 0 bridgehead atoms. The maximum atomic E-state index is 13.7. The molecule has 0 aliphatic carbocycles. The average molecular weight is 359 g/mol. The number of hydrogen-bond donors (Lipinski definition) is 1. The maximum absolute atomic E-state index is 13.7. The molecule has 1 N–H and O–H groups in total. The van der Waals surface area contributed by atoms with Crippen LogP contribution in [0.5, 0.6) is 5.75 Å². The van der Waals surface area contributed by atoms with E-state index in [-0.39, 0.29) is 12.4 Å². The van der Waals surface area contributed by atoms with E-state index in [9.17, 15) is 14.0 Å². The number of ether oxygens (including phenoxy) is 2. The van der Waals surface area contributed by atoms with Crippen molar-refractivity contribution < 1.29 is 23.5 Å². The molecule has 6 heteroatoms. The van der Waals surface area contributed by atoms with E-state index in [1.54, 1.807) is 44.2 Å². The SMILES string of the molecule is CCOC(=O)c1ccc(C)c(NC(=O)C(CC)Oc2ccccc2F)c1. The molecule has 0 saturated carbocycles. The van der Waals surface area contributed by atoms with Gasteiger partial charge in [0.1, 0.15) is 0 Å². The molecule has 1 unspecified atom stereocenters. The molecular formula is C20H22FNO4. The van der Waals surface area contributed by atoms with Crippen LogP contribution >= 0.6 is 0 Å². The summed E-state index contributed by atoms with van der Waals surface area (Å²) >= 11 is 0. The molecule has 0 aliphatic heterocycles. The van der Waals surface area contributed by atoms with E-state index in [0.29, 0.717) is 17.7 Å². The van der Waals surface area contributed by atoms with Crippen LogP contribution in [0.3, 0.4) is 0 Å². The molecule has 1 amide bonds. The predicted octanol–water partition coefficient (Wildman–Crippen LogP) is 4.11. The van der Waals surface area contributed by atoms with E-state index in [1.807, 2.05) is 6.92 Å². The van der Waals surface area contributed by atoms with Gasteiger partial charge in [-0.05, 0) is 50.1 Å². The Morgan fingerprint density at radius 3 is 2.54 bits per heavy atom. The standard InChI is InChI=1S/C20H22FNO4/c1-4-17(26-18-9-7-6-8-15(18)21)19(23)22-16-12-14(11-10-13(16)3)20(24)25-5-2/h6-12,17H,4-5H2,1-3H3,(H,22,23). The van der Waals surface area contributed by atoms with Gasteiger partial charge in [0.2, 0.25) is 0 Å². The minimum absolute atomic E-state index is 0.0199. The van der Waals surface area contributed by atoms with Crippen molar-refractivity contribution in [2.45, 2.75) is 33.3 Å². The molecule has 0 spiro atoms. The van der Waals surface area contributed by atoms with E-state index in [4.69, 9.17) is 9.47 Å². The minimum Gasteiger partial charge on any atom is -0.478 e. The van der Waals surface area contributed by atoms with Gasteiger partial charge in [0.15, 0.2) is 17.7 Å². The number of halogens is 1. The summed E-state index contributed by atoms with van der Waals surface area (Å²) in [6, 6.07) is 10.8. The van der Waals surface area contributed by atoms with Gasteiger partial charge >= 0.3 is 5.97 Å². The van der Waals surface area contributed by atoms with Crippen LogP contribution in [0.2, 0.25) is 0 Å². The summed E-state index contributed by atoms with van der Waals surface area (Å²) in [5.41, 5.74) is 1.61. The summed E-state index contributed by atoms with van der Waals surface area (Å²) in [6.45, 7) is 5.57. The summed E-state index contributed by atoms with van der Waals surface area (Å²) in [7, 11) is 0. The zero-order valence-electron chi connectivity index (χ0n) is 15.0. The van der Waals surface area contributed by atoms with Gasteiger partial charge in [0.25, 0.3) is 5.91 Å². The van der Waals surface area contributed by atoms with Gasteiger partial charge in [0.05, 0.1) is 12.2 Å². The molecule has 2 rings (SSSR count). The first-order valence-corrected chi connectivity index (χ1v) is 8.46. The summed E-state index contributed by atoms with van der Waals surface area (Å²) in [5, 5.41) is 2.74. The molecule has 0 saturated heterocycles. The molecule has 26 heavy (non-hydrogen) atoms. The lowest BCUT2D eigenvalue weighted by Gasteiger charge is -2.18. The van der Waals surface area contributed by atoms with Gasteiger partial charge in [-0.25, -0.2) is 9.18 Å². The smallest absolute Gasteiger partial charge is 0.338 e. The highest BCUT2D eigenvalue weighted by Gasteiger charge is 2.21. The number of anilines is 1. The average Bonchev–Trinajstić information content (AvgIpc) is 2.63. The number of hydrogen-bond acceptors (Lipinski definition) is 4. The van der Waals surface area contributed by atoms with Crippen molar-refractivity contribution >= 4 is 17.6 Å². The van der Waals surface area contributed by atoms with Crippen LogP contribution in [0.4, 0.5) is 10.1 Å². The van der Waals surface area contributed by atoms with Crippen molar-refractivity contribution in [1.29, 1.82) is 0 Å². The van der Waals surface area contributed by atoms with Crippen LogP contribution in [0, 0.1) is 12.7 Å². The second-order valence-electron chi connectivity index (χ2n) is 5.68. The summed E-state index contributed by atoms with van der Waals surface area (Å²) in [5.74, 6) is -1.39. The molecule has 0 aliphatic rings. The number of benzene rings is 2. The van der Waals surface area contributed by atoms with Crippen LogP contribution in [0.25, 0.3) is 0 Å². The molecule has 138 valence electrons. The normalized spacial score (nSPS) is 11.5.